The van der Waals surface area contributed by atoms with Crippen LogP contribution in [0, 0.1) is 44.4 Å². The summed E-state index contributed by atoms with van der Waals surface area (Å²) in [6.45, 7) is 8.48. The van der Waals surface area contributed by atoms with Crippen LogP contribution in [-0.2, 0) is 4.74 Å². The fourth-order valence-corrected chi connectivity index (χ4v) is 3.95. The maximum Gasteiger partial charge on any atom is 0.147 e. The van der Waals surface area contributed by atoms with Crippen LogP contribution in [0.5, 0.6) is 0 Å². The number of morpholine rings is 1. The predicted octanol–water partition coefficient (Wildman–Crippen LogP) is 3.23. The van der Waals surface area contributed by atoms with E-state index in [0.717, 1.165) is 13.3 Å². The zero-order chi connectivity index (χ0) is 16.0. The molecule has 121 valence electrons. The van der Waals surface area contributed by atoms with Crippen molar-refractivity contribution in [2.45, 2.75) is 39.1 Å². The Morgan fingerprint density at radius 3 is 2.43 bits per heavy atom. The Balaban J connectivity index is 1.64. The summed E-state index contributed by atoms with van der Waals surface area (Å²) >= 11 is 0. The predicted molar refractivity (Wildman–Crippen MR) is 93.0 cm³/mol. The monoisotopic (exact) mass is 309 g/mol. The normalized spacial score (nSPS) is 34.5. The molecule has 2 bridgehead atoms. The first-order valence-electron chi connectivity index (χ1n) is 8.57. The van der Waals surface area contributed by atoms with E-state index in [9.17, 15) is 0 Å². The lowest BCUT2D eigenvalue weighted by Crippen LogP contribution is -2.55. The molecule has 2 aliphatic heterocycles. The van der Waals surface area contributed by atoms with Gasteiger partial charge in [-0.25, -0.2) is 0 Å². The first-order valence-corrected chi connectivity index (χ1v) is 8.57. The van der Waals surface area contributed by atoms with Gasteiger partial charge in [0.1, 0.15) is 6.23 Å². The second kappa shape index (κ2) is 6.10. The molecule has 1 aliphatic carbocycles. The zero-order valence-electron chi connectivity index (χ0n) is 14.1. The molecule has 0 amide bonds. The molecule has 0 N–H and O–H groups in total. The van der Waals surface area contributed by atoms with Crippen molar-refractivity contribution in [3.63, 3.8) is 0 Å². The van der Waals surface area contributed by atoms with Gasteiger partial charge in [-0.05, 0) is 50.7 Å². The summed E-state index contributed by atoms with van der Waals surface area (Å²) in [6, 6.07) is 9.60. The van der Waals surface area contributed by atoms with Gasteiger partial charge < -0.3 is 9.64 Å². The maximum absolute atomic E-state index is 6.36. The van der Waals surface area contributed by atoms with E-state index in [1.54, 1.807) is 0 Å². The van der Waals surface area contributed by atoms with Crippen LogP contribution < -0.4 is 4.90 Å². The topological polar surface area (TPSA) is 15.7 Å². The first kappa shape index (κ1) is 15.5. The van der Waals surface area contributed by atoms with Crippen molar-refractivity contribution >= 4 is 5.69 Å². The van der Waals surface area contributed by atoms with E-state index >= 15 is 0 Å². The highest BCUT2D eigenvalue weighted by atomic mass is 16.5. The third kappa shape index (κ3) is 2.68. The van der Waals surface area contributed by atoms with Crippen molar-refractivity contribution < 1.29 is 4.74 Å². The second-order valence-corrected chi connectivity index (χ2v) is 7.16. The first-order chi connectivity index (χ1) is 11.1. The Labute approximate surface area is 140 Å². The van der Waals surface area contributed by atoms with Gasteiger partial charge in [-0.1, -0.05) is 31.5 Å². The van der Waals surface area contributed by atoms with Crippen molar-refractivity contribution in [1.29, 1.82) is 0 Å². The molecule has 3 heteroatoms. The number of anilines is 1. The van der Waals surface area contributed by atoms with Crippen molar-refractivity contribution in [3.8, 4) is 0 Å². The third-order valence-corrected chi connectivity index (χ3v) is 5.28. The summed E-state index contributed by atoms with van der Waals surface area (Å²) in [4.78, 5) is 5.05. The van der Waals surface area contributed by atoms with E-state index in [1.807, 2.05) is 0 Å². The molecule has 2 heterocycles. The Hall–Kier alpha value is -1.06. The maximum atomic E-state index is 6.36. The Bertz CT molecular complexity index is 535. The van der Waals surface area contributed by atoms with E-state index in [4.69, 9.17) is 4.74 Å². The number of hydrogen-bond donors (Lipinski definition) is 0. The van der Waals surface area contributed by atoms with Crippen LogP contribution in [0.15, 0.2) is 24.3 Å². The molecule has 0 spiro atoms. The molecule has 1 aromatic carbocycles. The highest BCUT2D eigenvalue weighted by molar-refractivity contribution is 5.52. The number of hydrogen-bond acceptors (Lipinski definition) is 3. The van der Waals surface area contributed by atoms with Crippen LogP contribution in [0.25, 0.3) is 0 Å². The molecule has 3 aliphatic rings. The molecule has 3 fully saturated rings. The number of rotatable bonds is 3. The molecule has 4 rings (SSSR count). The van der Waals surface area contributed by atoms with Gasteiger partial charge in [-0.3, -0.25) is 4.90 Å². The number of ether oxygens (including phenoxy) is 1. The number of nitrogens with zero attached hydrogens (tertiary/aromatic N) is 2. The van der Waals surface area contributed by atoms with Crippen molar-refractivity contribution in [3.05, 3.63) is 61.4 Å². The molecule has 5 radical (unpaired) electrons. The standard InChI is InChI=1S/C20H25N2O/c1-14(2)18-12-23-20-19(16-6-4-5-7-16)22(18)13-21(20)17-10-8-15(3)9-11-17/h4-11,14,18-20H,12-13H2,1-3H3/t18-,19-,20-/m1/s1. The lowest BCUT2D eigenvalue weighted by atomic mass is 9.91. The van der Waals surface area contributed by atoms with Gasteiger partial charge in [0.2, 0.25) is 0 Å². The number of aryl methyl sites for hydroxylation is 1. The summed E-state index contributed by atoms with van der Waals surface area (Å²) in [6.07, 6.45) is 8.83. The van der Waals surface area contributed by atoms with E-state index in [-0.39, 0.29) is 6.23 Å². The van der Waals surface area contributed by atoms with E-state index in [0.29, 0.717) is 18.0 Å². The highest BCUT2D eigenvalue weighted by Gasteiger charge is 2.52. The van der Waals surface area contributed by atoms with Crippen molar-refractivity contribution in [2.24, 2.45) is 5.92 Å². The Kier molecular flexibility index (Phi) is 4.10. The van der Waals surface area contributed by atoms with Gasteiger partial charge in [0.05, 0.1) is 19.3 Å². The van der Waals surface area contributed by atoms with Gasteiger partial charge in [0.15, 0.2) is 0 Å². The molecular formula is C20H25N2O. The fourth-order valence-electron chi connectivity index (χ4n) is 3.95. The van der Waals surface area contributed by atoms with Crippen LogP contribution in [0.1, 0.15) is 19.4 Å². The quantitative estimate of drug-likeness (QED) is 0.852. The smallest absolute Gasteiger partial charge is 0.147 e. The Morgan fingerprint density at radius 1 is 1.09 bits per heavy atom. The fraction of sp³-hybridized carbons (Fsp3) is 0.450. The minimum absolute atomic E-state index is 0.107. The van der Waals surface area contributed by atoms with Crippen LogP contribution in [0.3, 0.4) is 0 Å². The molecule has 1 unspecified atom stereocenters. The summed E-state index contributed by atoms with van der Waals surface area (Å²) in [5, 5.41) is 0. The molecule has 23 heavy (non-hydrogen) atoms. The summed E-state index contributed by atoms with van der Waals surface area (Å²) in [5.74, 6) is 1.96. The number of fused-ring (bicyclic) bond motifs is 2. The molecule has 3 nitrogen and oxygen atoms in total. The molecule has 1 aromatic rings. The third-order valence-electron chi connectivity index (χ3n) is 5.28. The SMILES string of the molecule is Cc1ccc(N2CN3[C@@H](C(C)C)CO[C@@H]2[C@H]3[C]2[CH][CH][CH][CH]2)cc1. The zero-order valence-corrected chi connectivity index (χ0v) is 14.1. The molecule has 1 saturated carbocycles. The van der Waals surface area contributed by atoms with Crippen LogP contribution in [0.4, 0.5) is 5.69 Å². The lowest BCUT2D eigenvalue weighted by Gasteiger charge is -2.42. The largest absolute Gasteiger partial charge is 0.355 e. The average molecular weight is 309 g/mol. The number of benzene rings is 1. The highest BCUT2D eigenvalue weighted by Crippen LogP contribution is 2.42. The summed E-state index contributed by atoms with van der Waals surface area (Å²) < 4.78 is 6.36. The van der Waals surface area contributed by atoms with Gasteiger partial charge >= 0.3 is 0 Å². The van der Waals surface area contributed by atoms with E-state index < -0.39 is 0 Å². The van der Waals surface area contributed by atoms with Crippen LogP contribution >= 0.6 is 0 Å². The molecule has 2 saturated heterocycles. The lowest BCUT2D eigenvalue weighted by molar-refractivity contribution is -0.0614. The molecular weight excluding hydrogens is 284 g/mol. The minimum atomic E-state index is 0.107. The van der Waals surface area contributed by atoms with Gasteiger partial charge in [0, 0.05) is 17.6 Å². The van der Waals surface area contributed by atoms with E-state index in [1.165, 1.54) is 17.2 Å². The molecule has 0 aromatic heterocycles. The second-order valence-electron chi connectivity index (χ2n) is 7.16. The van der Waals surface area contributed by atoms with E-state index in [2.05, 4.69) is 80.5 Å². The average Bonchev–Trinajstić information content (AvgIpc) is 3.13. The molecule has 4 atom stereocenters. The summed E-state index contributed by atoms with van der Waals surface area (Å²) in [7, 11) is 0. The van der Waals surface area contributed by atoms with Gasteiger partial charge in [-0.2, -0.15) is 0 Å². The summed E-state index contributed by atoms with van der Waals surface area (Å²) in [5.41, 5.74) is 2.55. The van der Waals surface area contributed by atoms with Crippen LogP contribution in [0.2, 0.25) is 0 Å². The minimum Gasteiger partial charge on any atom is -0.355 e. The van der Waals surface area contributed by atoms with Crippen LogP contribution in [-0.4, -0.2) is 36.5 Å². The van der Waals surface area contributed by atoms with Gasteiger partial charge in [-0.15, -0.1) is 0 Å². The Morgan fingerprint density at radius 2 is 1.78 bits per heavy atom. The van der Waals surface area contributed by atoms with Crippen molar-refractivity contribution in [2.75, 3.05) is 18.2 Å². The van der Waals surface area contributed by atoms with Crippen molar-refractivity contribution in [1.82, 2.24) is 4.90 Å². The van der Waals surface area contributed by atoms with Gasteiger partial charge in [0.25, 0.3) is 0 Å².